The summed E-state index contributed by atoms with van der Waals surface area (Å²) in [5, 5.41) is 12.3. The van der Waals surface area contributed by atoms with E-state index in [1.807, 2.05) is 42.5 Å². The Kier molecular flexibility index (Phi) is 9.54. The number of hydrogen-bond donors (Lipinski definition) is 1. The van der Waals surface area contributed by atoms with Crippen LogP contribution in [0, 0.1) is 21.8 Å². The quantitative estimate of drug-likeness (QED) is 0.132. The fraction of sp³-hybridized carbons (Fsp3) is 0.185. The highest BCUT2D eigenvalue weighted by Gasteiger charge is 2.22. The molecule has 3 aromatic carbocycles. The number of nitrogens with one attached hydrogen (secondary N) is 1. The first-order chi connectivity index (χ1) is 17.7. The molecule has 3 aromatic rings. The lowest BCUT2D eigenvalue weighted by Crippen LogP contribution is -2.13. The van der Waals surface area contributed by atoms with Crippen LogP contribution in [0.3, 0.4) is 0 Å². The number of hydrogen-bond acceptors (Lipinski definition) is 7. The normalized spacial score (nSPS) is 11.4. The van der Waals surface area contributed by atoms with Gasteiger partial charge in [0.05, 0.1) is 16.8 Å². The van der Waals surface area contributed by atoms with Gasteiger partial charge in [-0.15, -0.1) is 0 Å². The number of carbonyl (C=O) groups is 1. The van der Waals surface area contributed by atoms with Gasteiger partial charge in [0, 0.05) is 11.8 Å². The maximum atomic E-state index is 12.9. The van der Waals surface area contributed by atoms with E-state index in [-0.39, 0.29) is 28.6 Å². The van der Waals surface area contributed by atoms with Crippen LogP contribution in [-0.4, -0.2) is 27.5 Å². The van der Waals surface area contributed by atoms with Gasteiger partial charge < -0.3 is 19.0 Å². The Balaban J connectivity index is 1.91. The van der Waals surface area contributed by atoms with Crippen molar-refractivity contribution in [2.75, 3.05) is 18.5 Å². The topological polar surface area (TPSA) is 115 Å². The van der Waals surface area contributed by atoms with E-state index >= 15 is 0 Å². The molecule has 0 heterocycles. The lowest BCUT2D eigenvalue weighted by atomic mass is 10.1. The first-order valence-corrected chi connectivity index (χ1v) is 13.8. The third-order valence-electron chi connectivity index (χ3n) is 4.91. The molecule has 0 aliphatic heterocycles. The van der Waals surface area contributed by atoms with Gasteiger partial charge in [0.25, 0.3) is 5.91 Å². The molecule has 0 aliphatic carbocycles. The Bertz CT molecular complexity index is 1460. The first-order valence-electron chi connectivity index (χ1n) is 11.3. The number of carbonyl (C=O) groups excluding carboxylic acids is 1. The molecule has 0 aromatic heterocycles. The number of nitrogens with zero attached hydrogens (tertiary/aromatic N) is 1. The lowest BCUT2D eigenvalue weighted by Gasteiger charge is -2.15. The zero-order chi connectivity index (χ0) is 27.0. The van der Waals surface area contributed by atoms with Crippen LogP contribution in [0.4, 0.5) is 5.69 Å². The maximum Gasteiger partial charge on any atom is 0.339 e. The van der Waals surface area contributed by atoms with Crippen molar-refractivity contribution in [3.05, 3.63) is 80.9 Å². The van der Waals surface area contributed by atoms with Crippen LogP contribution in [0.15, 0.2) is 71.1 Å². The monoisotopic (exact) mass is 632 g/mol. The minimum atomic E-state index is -4.12. The summed E-state index contributed by atoms with van der Waals surface area (Å²) in [5.41, 5.74) is 1.70. The predicted molar refractivity (Wildman–Crippen MR) is 149 cm³/mol. The molecule has 3 rings (SSSR count). The van der Waals surface area contributed by atoms with Crippen molar-refractivity contribution < 1.29 is 26.9 Å². The second-order valence-corrected chi connectivity index (χ2v) is 10.4. The SMILES string of the molecule is CCOc1cccc(NC(=O)/C(C#N)=C/c2cc(I)c(OS(=O)(=O)c3ccc(C)cc3)c(OCC)c2)c1. The van der Waals surface area contributed by atoms with Gasteiger partial charge in [0.2, 0.25) is 0 Å². The van der Waals surface area contributed by atoms with E-state index < -0.39 is 16.0 Å². The summed E-state index contributed by atoms with van der Waals surface area (Å²) in [6, 6.07) is 18.2. The van der Waals surface area contributed by atoms with Crippen molar-refractivity contribution in [1.29, 1.82) is 5.26 Å². The van der Waals surface area contributed by atoms with Crippen LogP contribution < -0.4 is 19.0 Å². The summed E-state index contributed by atoms with van der Waals surface area (Å²) in [4.78, 5) is 12.8. The molecule has 0 unspecified atom stereocenters. The largest absolute Gasteiger partial charge is 0.494 e. The number of anilines is 1. The Morgan fingerprint density at radius 1 is 1.05 bits per heavy atom. The molecule has 192 valence electrons. The van der Waals surface area contributed by atoms with Crippen molar-refractivity contribution in [3.63, 3.8) is 0 Å². The van der Waals surface area contributed by atoms with Crippen LogP contribution in [0.2, 0.25) is 0 Å². The van der Waals surface area contributed by atoms with E-state index in [1.54, 1.807) is 49.4 Å². The summed E-state index contributed by atoms with van der Waals surface area (Å²) in [6.07, 6.45) is 1.39. The van der Waals surface area contributed by atoms with Gasteiger partial charge in [-0.1, -0.05) is 23.8 Å². The summed E-state index contributed by atoms with van der Waals surface area (Å²) in [7, 11) is -4.12. The Morgan fingerprint density at radius 3 is 2.41 bits per heavy atom. The molecule has 0 atom stereocenters. The van der Waals surface area contributed by atoms with E-state index in [9.17, 15) is 18.5 Å². The minimum Gasteiger partial charge on any atom is -0.494 e. The van der Waals surface area contributed by atoms with E-state index in [0.29, 0.717) is 27.2 Å². The van der Waals surface area contributed by atoms with E-state index in [0.717, 1.165) is 5.56 Å². The number of aryl methyl sites for hydroxylation is 1. The lowest BCUT2D eigenvalue weighted by molar-refractivity contribution is -0.112. The van der Waals surface area contributed by atoms with Gasteiger partial charge in [-0.05, 0) is 91.4 Å². The van der Waals surface area contributed by atoms with Crippen molar-refractivity contribution in [3.8, 4) is 23.3 Å². The number of amides is 1. The highest BCUT2D eigenvalue weighted by Crippen LogP contribution is 2.37. The summed E-state index contributed by atoms with van der Waals surface area (Å²) >= 11 is 1.93. The molecule has 0 aliphatic rings. The van der Waals surface area contributed by atoms with Crippen LogP contribution in [0.5, 0.6) is 17.2 Å². The molecule has 37 heavy (non-hydrogen) atoms. The molecule has 0 saturated heterocycles. The summed E-state index contributed by atoms with van der Waals surface area (Å²) in [5.74, 6) is 0.176. The molecular formula is C27H25IN2O6S. The fourth-order valence-corrected chi connectivity index (χ4v) is 5.06. The maximum absolute atomic E-state index is 12.9. The molecule has 8 nitrogen and oxygen atoms in total. The zero-order valence-corrected chi connectivity index (χ0v) is 23.4. The highest BCUT2D eigenvalue weighted by molar-refractivity contribution is 14.1. The van der Waals surface area contributed by atoms with Crippen LogP contribution in [0.1, 0.15) is 25.0 Å². The minimum absolute atomic E-state index is 0.0113. The summed E-state index contributed by atoms with van der Waals surface area (Å²) in [6.45, 7) is 6.18. The molecule has 0 radical (unpaired) electrons. The highest BCUT2D eigenvalue weighted by atomic mass is 127. The van der Waals surface area contributed by atoms with Gasteiger partial charge in [-0.2, -0.15) is 13.7 Å². The Morgan fingerprint density at radius 2 is 1.76 bits per heavy atom. The first kappa shape index (κ1) is 28.0. The van der Waals surface area contributed by atoms with Gasteiger partial charge >= 0.3 is 10.1 Å². The molecule has 1 N–H and O–H groups in total. The van der Waals surface area contributed by atoms with Gasteiger partial charge in [-0.3, -0.25) is 4.79 Å². The fourth-order valence-electron chi connectivity index (χ4n) is 3.22. The average molecular weight is 632 g/mol. The number of rotatable bonds is 10. The van der Waals surface area contributed by atoms with Gasteiger partial charge in [-0.25, -0.2) is 0 Å². The standard InChI is InChI=1S/C27H25IN2O6S/c1-4-34-22-8-6-7-21(16-22)30-27(31)20(17-29)13-19-14-24(28)26(25(15-19)35-5-2)36-37(32,33)23-11-9-18(3)10-12-23/h6-16H,4-5H2,1-3H3,(H,30,31)/b20-13+. The molecular weight excluding hydrogens is 607 g/mol. The predicted octanol–water partition coefficient (Wildman–Crippen LogP) is 5.71. The second-order valence-electron chi connectivity index (χ2n) is 7.70. The van der Waals surface area contributed by atoms with Crippen molar-refractivity contribution >= 4 is 50.4 Å². The van der Waals surface area contributed by atoms with Crippen LogP contribution >= 0.6 is 22.6 Å². The zero-order valence-electron chi connectivity index (χ0n) is 20.4. The van der Waals surface area contributed by atoms with Crippen LogP contribution in [0.25, 0.3) is 6.08 Å². The van der Waals surface area contributed by atoms with Crippen molar-refractivity contribution in [2.24, 2.45) is 0 Å². The van der Waals surface area contributed by atoms with Crippen molar-refractivity contribution in [1.82, 2.24) is 0 Å². The van der Waals surface area contributed by atoms with E-state index in [1.165, 1.54) is 24.3 Å². The van der Waals surface area contributed by atoms with E-state index in [2.05, 4.69) is 5.32 Å². The molecule has 10 heteroatoms. The number of ether oxygens (including phenoxy) is 2. The number of halogens is 1. The summed E-state index contributed by atoms with van der Waals surface area (Å²) < 4.78 is 42.7. The Hall–Kier alpha value is -3.56. The molecule has 1 amide bonds. The van der Waals surface area contributed by atoms with E-state index in [4.69, 9.17) is 13.7 Å². The van der Waals surface area contributed by atoms with Crippen molar-refractivity contribution in [2.45, 2.75) is 25.7 Å². The number of nitriles is 1. The Labute approximate surface area is 230 Å². The van der Waals surface area contributed by atoms with Gasteiger partial charge in [0.1, 0.15) is 22.3 Å². The van der Waals surface area contributed by atoms with Crippen LogP contribution in [-0.2, 0) is 14.9 Å². The molecule has 0 fully saturated rings. The second kappa shape index (κ2) is 12.6. The van der Waals surface area contributed by atoms with Gasteiger partial charge in [0.15, 0.2) is 11.5 Å². The molecule has 0 spiro atoms. The molecule has 0 saturated carbocycles. The third-order valence-corrected chi connectivity index (χ3v) is 6.95. The molecule has 0 bridgehead atoms. The third kappa shape index (κ3) is 7.47. The smallest absolute Gasteiger partial charge is 0.339 e. The number of benzene rings is 3. The average Bonchev–Trinajstić information content (AvgIpc) is 2.85.